The first-order valence-corrected chi connectivity index (χ1v) is 8.10. The van der Waals surface area contributed by atoms with Crippen molar-refractivity contribution in [3.05, 3.63) is 20.8 Å². The average Bonchev–Trinajstić information content (AvgIpc) is 2.83. The third-order valence-corrected chi connectivity index (χ3v) is 4.76. The number of amides is 2. The van der Waals surface area contributed by atoms with Crippen LogP contribution in [0.15, 0.2) is 15.9 Å². The summed E-state index contributed by atoms with van der Waals surface area (Å²) in [6.45, 7) is 4.92. The zero-order chi connectivity index (χ0) is 14.7. The predicted molar refractivity (Wildman–Crippen MR) is 80.9 cm³/mol. The van der Waals surface area contributed by atoms with Crippen molar-refractivity contribution < 1.29 is 14.3 Å². The van der Waals surface area contributed by atoms with Crippen LogP contribution in [0, 0.1) is 0 Å². The van der Waals surface area contributed by atoms with Gasteiger partial charge in [0.2, 0.25) is 5.91 Å². The van der Waals surface area contributed by atoms with E-state index in [-0.39, 0.29) is 24.5 Å². The van der Waals surface area contributed by atoms with Crippen LogP contribution in [0.3, 0.4) is 0 Å². The lowest BCUT2D eigenvalue weighted by atomic mass is 10.2. The summed E-state index contributed by atoms with van der Waals surface area (Å²) in [5.41, 5.74) is 0. The number of thiophene rings is 1. The van der Waals surface area contributed by atoms with Gasteiger partial charge in [0.15, 0.2) is 0 Å². The number of morpholine rings is 1. The third-order valence-electron chi connectivity index (χ3n) is 2.93. The standard InChI is InChI=1S/C13H17BrN2O3S/c1-8(2)15-12(17)10-7-19-5-4-16(10)13(18)11-9(14)3-6-20-11/h3,6,8,10H,4-5,7H2,1-2H3,(H,15,17). The highest BCUT2D eigenvalue weighted by atomic mass is 79.9. The molecular formula is C13H17BrN2O3S. The molecule has 2 rings (SSSR count). The second-order valence-electron chi connectivity index (χ2n) is 4.85. The monoisotopic (exact) mass is 360 g/mol. The molecule has 2 amide bonds. The summed E-state index contributed by atoms with van der Waals surface area (Å²) in [5.74, 6) is -0.292. The summed E-state index contributed by atoms with van der Waals surface area (Å²) in [4.78, 5) is 27.0. The Morgan fingerprint density at radius 3 is 2.90 bits per heavy atom. The largest absolute Gasteiger partial charge is 0.377 e. The minimum absolute atomic E-state index is 0.0369. The first-order valence-electron chi connectivity index (χ1n) is 6.42. The molecule has 20 heavy (non-hydrogen) atoms. The quantitative estimate of drug-likeness (QED) is 0.894. The number of halogens is 1. The smallest absolute Gasteiger partial charge is 0.265 e. The Labute approximate surface area is 130 Å². The minimum atomic E-state index is -0.562. The van der Waals surface area contributed by atoms with E-state index in [9.17, 15) is 9.59 Å². The number of nitrogens with one attached hydrogen (secondary N) is 1. The molecule has 1 aromatic rings. The lowest BCUT2D eigenvalue weighted by Crippen LogP contribution is -2.56. The topological polar surface area (TPSA) is 58.6 Å². The molecule has 0 aromatic carbocycles. The van der Waals surface area contributed by atoms with Gasteiger partial charge in [-0.15, -0.1) is 11.3 Å². The Morgan fingerprint density at radius 1 is 1.55 bits per heavy atom. The molecule has 1 fully saturated rings. The minimum Gasteiger partial charge on any atom is -0.377 e. The highest BCUT2D eigenvalue weighted by Crippen LogP contribution is 2.25. The van der Waals surface area contributed by atoms with Gasteiger partial charge in [0.25, 0.3) is 5.91 Å². The van der Waals surface area contributed by atoms with Crippen LogP contribution in [-0.4, -0.2) is 48.6 Å². The Hall–Kier alpha value is -0.920. The zero-order valence-corrected chi connectivity index (χ0v) is 13.8. The number of hydrogen-bond donors (Lipinski definition) is 1. The number of carbonyl (C=O) groups excluding carboxylic acids is 2. The second-order valence-corrected chi connectivity index (χ2v) is 6.62. The van der Waals surface area contributed by atoms with E-state index in [1.807, 2.05) is 25.3 Å². The molecule has 7 heteroatoms. The Kier molecular flexibility index (Phi) is 5.17. The Balaban J connectivity index is 2.17. The molecule has 0 aliphatic carbocycles. The fourth-order valence-electron chi connectivity index (χ4n) is 2.02. The van der Waals surface area contributed by atoms with Gasteiger partial charge >= 0.3 is 0 Å². The molecule has 1 unspecified atom stereocenters. The van der Waals surface area contributed by atoms with E-state index in [1.54, 1.807) is 4.90 Å². The van der Waals surface area contributed by atoms with Crippen molar-refractivity contribution in [3.8, 4) is 0 Å². The molecule has 5 nitrogen and oxygen atoms in total. The van der Waals surface area contributed by atoms with Crippen molar-refractivity contribution in [1.82, 2.24) is 10.2 Å². The van der Waals surface area contributed by atoms with Crippen molar-refractivity contribution in [2.45, 2.75) is 25.9 Å². The van der Waals surface area contributed by atoms with Crippen LogP contribution in [0.4, 0.5) is 0 Å². The fourth-order valence-corrected chi connectivity index (χ4v) is 3.52. The summed E-state index contributed by atoms with van der Waals surface area (Å²) >= 11 is 4.73. The first-order chi connectivity index (χ1) is 9.50. The number of nitrogens with zero attached hydrogens (tertiary/aromatic N) is 1. The van der Waals surface area contributed by atoms with Gasteiger partial charge in [-0.2, -0.15) is 0 Å². The number of rotatable bonds is 3. The molecule has 0 bridgehead atoms. The number of carbonyl (C=O) groups is 2. The predicted octanol–water partition coefficient (Wildman–Crippen LogP) is 1.88. The van der Waals surface area contributed by atoms with Crippen LogP contribution in [-0.2, 0) is 9.53 Å². The lowest BCUT2D eigenvalue weighted by Gasteiger charge is -2.34. The molecule has 1 aliphatic rings. The van der Waals surface area contributed by atoms with E-state index in [0.717, 1.165) is 4.47 Å². The van der Waals surface area contributed by atoms with E-state index in [0.29, 0.717) is 18.0 Å². The SMILES string of the molecule is CC(C)NC(=O)C1COCCN1C(=O)c1sccc1Br. The molecule has 110 valence electrons. The van der Waals surface area contributed by atoms with Gasteiger partial charge in [-0.1, -0.05) is 0 Å². The molecule has 0 saturated carbocycles. The molecule has 1 aromatic heterocycles. The van der Waals surface area contributed by atoms with E-state index in [4.69, 9.17) is 4.74 Å². The molecule has 1 atom stereocenters. The van der Waals surface area contributed by atoms with Crippen molar-refractivity contribution >= 4 is 39.1 Å². The summed E-state index contributed by atoms with van der Waals surface area (Å²) in [6, 6.07) is 1.31. The van der Waals surface area contributed by atoms with Gasteiger partial charge in [0, 0.05) is 17.1 Å². The summed E-state index contributed by atoms with van der Waals surface area (Å²) in [6.07, 6.45) is 0. The van der Waals surface area contributed by atoms with Crippen molar-refractivity contribution in [2.24, 2.45) is 0 Å². The van der Waals surface area contributed by atoms with Crippen LogP contribution in [0.25, 0.3) is 0 Å². The van der Waals surface area contributed by atoms with Gasteiger partial charge in [-0.05, 0) is 41.2 Å². The maximum Gasteiger partial charge on any atom is 0.265 e. The molecule has 1 aliphatic heterocycles. The molecule has 1 saturated heterocycles. The first kappa shape index (κ1) is 15.5. The zero-order valence-electron chi connectivity index (χ0n) is 11.4. The van der Waals surface area contributed by atoms with E-state index < -0.39 is 6.04 Å². The highest BCUT2D eigenvalue weighted by Gasteiger charge is 2.34. The van der Waals surface area contributed by atoms with Crippen LogP contribution in [0.2, 0.25) is 0 Å². The molecule has 1 N–H and O–H groups in total. The highest BCUT2D eigenvalue weighted by molar-refractivity contribution is 9.10. The van der Waals surface area contributed by atoms with Crippen molar-refractivity contribution in [1.29, 1.82) is 0 Å². The summed E-state index contributed by atoms with van der Waals surface area (Å²) in [7, 11) is 0. The van der Waals surface area contributed by atoms with Crippen LogP contribution in [0.5, 0.6) is 0 Å². The Morgan fingerprint density at radius 2 is 2.30 bits per heavy atom. The van der Waals surface area contributed by atoms with E-state index in [2.05, 4.69) is 21.2 Å². The van der Waals surface area contributed by atoms with Gasteiger partial charge in [0.05, 0.1) is 13.2 Å². The second kappa shape index (κ2) is 6.69. The maximum absolute atomic E-state index is 12.6. The Bertz CT molecular complexity index is 504. The normalized spacial score (nSPS) is 19.2. The number of hydrogen-bond acceptors (Lipinski definition) is 4. The average molecular weight is 361 g/mol. The van der Waals surface area contributed by atoms with Crippen LogP contribution >= 0.6 is 27.3 Å². The molecule has 2 heterocycles. The molecular weight excluding hydrogens is 344 g/mol. The van der Waals surface area contributed by atoms with Crippen LogP contribution < -0.4 is 5.32 Å². The molecule has 0 spiro atoms. The van der Waals surface area contributed by atoms with Gasteiger partial charge in [-0.3, -0.25) is 9.59 Å². The van der Waals surface area contributed by atoms with Gasteiger partial charge in [0.1, 0.15) is 10.9 Å². The summed E-state index contributed by atoms with van der Waals surface area (Å²) in [5, 5.41) is 4.68. The molecule has 0 radical (unpaired) electrons. The van der Waals surface area contributed by atoms with Crippen molar-refractivity contribution in [3.63, 3.8) is 0 Å². The lowest BCUT2D eigenvalue weighted by molar-refractivity contribution is -0.131. The number of ether oxygens (including phenoxy) is 1. The van der Waals surface area contributed by atoms with Gasteiger partial charge < -0.3 is 15.0 Å². The van der Waals surface area contributed by atoms with E-state index in [1.165, 1.54) is 11.3 Å². The van der Waals surface area contributed by atoms with Gasteiger partial charge in [-0.25, -0.2) is 0 Å². The summed E-state index contributed by atoms with van der Waals surface area (Å²) < 4.78 is 6.12. The fraction of sp³-hybridized carbons (Fsp3) is 0.538. The van der Waals surface area contributed by atoms with Crippen LogP contribution in [0.1, 0.15) is 23.5 Å². The van der Waals surface area contributed by atoms with E-state index >= 15 is 0 Å². The maximum atomic E-state index is 12.6. The third kappa shape index (κ3) is 3.39. The van der Waals surface area contributed by atoms with Crippen molar-refractivity contribution in [2.75, 3.05) is 19.8 Å².